The Morgan fingerprint density at radius 2 is 2.00 bits per heavy atom. The first-order valence-electron chi connectivity index (χ1n) is 5.49. The number of halogens is 3. The molecule has 0 fully saturated rings. The standard InChI is InChI=1S/C11H12BF3NO.K/c1-8(12(13,14)15)7-16-10-4-2-3-9(10)5-6-11(16)17;/h5-6H,1-4,7H2;/q-1;+1. The first-order chi connectivity index (χ1) is 7.89. The van der Waals surface area contributed by atoms with Crippen LogP contribution in [-0.4, -0.2) is 11.5 Å². The quantitative estimate of drug-likeness (QED) is 0.671. The maximum atomic E-state index is 12.5. The van der Waals surface area contributed by atoms with E-state index in [9.17, 15) is 17.7 Å². The minimum Gasteiger partial charge on any atom is -0.445 e. The van der Waals surface area contributed by atoms with E-state index in [1.165, 1.54) is 10.6 Å². The van der Waals surface area contributed by atoms with Gasteiger partial charge >= 0.3 is 58.4 Å². The number of rotatable bonds is 3. The number of pyridine rings is 1. The molecule has 0 saturated heterocycles. The van der Waals surface area contributed by atoms with E-state index >= 15 is 0 Å². The van der Waals surface area contributed by atoms with Crippen molar-refractivity contribution in [2.45, 2.75) is 25.8 Å². The molecule has 1 heterocycles. The molecule has 92 valence electrons. The Kier molecular flexibility index (Phi) is 5.49. The number of hydrogen-bond donors (Lipinski definition) is 0. The predicted octanol–water partition coefficient (Wildman–Crippen LogP) is -0.716. The van der Waals surface area contributed by atoms with Gasteiger partial charge in [-0.1, -0.05) is 6.07 Å². The first-order valence-corrected chi connectivity index (χ1v) is 5.49. The van der Waals surface area contributed by atoms with Gasteiger partial charge in [-0.25, -0.2) is 0 Å². The molecule has 0 aliphatic heterocycles. The molecule has 0 saturated carbocycles. The van der Waals surface area contributed by atoms with E-state index in [1.807, 2.05) is 0 Å². The molecule has 0 unspecified atom stereocenters. The fraction of sp³-hybridized carbons (Fsp3) is 0.364. The topological polar surface area (TPSA) is 22.0 Å². The molecule has 0 radical (unpaired) electrons. The number of aryl methyl sites for hydroxylation is 1. The smallest absolute Gasteiger partial charge is 0.445 e. The minimum atomic E-state index is -5.08. The normalized spacial score (nSPS) is 13.9. The number of allylic oxidation sites excluding steroid dienone is 1. The van der Waals surface area contributed by atoms with Gasteiger partial charge in [-0.3, -0.25) is 4.79 Å². The van der Waals surface area contributed by atoms with E-state index in [4.69, 9.17) is 0 Å². The van der Waals surface area contributed by atoms with Crippen molar-refractivity contribution in [2.24, 2.45) is 0 Å². The molecule has 1 aliphatic carbocycles. The molecule has 7 heteroatoms. The Hall–Kier alpha value is 0.181. The minimum absolute atomic E-state index is 0. The summed E-state index contributed by atoms with van der Waals surface area (Å²) in [6.45, 7) is -2.49. The van der Waals surface area contributed by atoms with Crippen molar-refractivity contribution in [2.75, 3.05) is 0 Å². The van der Waals surface area contributed by atoms with Crippen LogP contribution in [0.25, 0.3) is 0 Å². The van der Waals surface area contributed by atoms with Crippen LogP contribution in [0.3, 0.4) is 0 Å². The Labute approximate surface area is 146 Å². The summed E-state index contributed by atoms with van der Waals surface area (Å²) < 4.78 is 38.6. The van der Waals surface area contributed by atoms with Gasteiger partial charge in [-0.15, -0.1) is 12.1 Å². The monoisotopic (exact) mass is 281 g/mol. The summed E-state index contributed by atoms with van der Waals surface area (Å²) in [7, 11) is 0. The Bertz CT molecular complexity index is 524. The fourth-order valence-corrected chi connectivity index (χ4v) is 2.11. The summed E-state index contributed by atoms with van der Waals surface area (Å²) in [6, 6.07) is 3.05. The van der Waals surface area contributed by atoms with Crippen LogP contribution in [0.1, 0.15) is 17.7 Å². The molecule has 0 atom stereocenters. The van der Waals surface area contributed by atoms with Crippen LogP contribution >= 0.6 is 0 Å². The van der Waals surface area contributed by atoms with Crippen LogP contribution < -0.4 is 56.9 Å². The van der Waals surface area contributed by atoms with E-state index < -0.39 is 19.0 Å². The second kappa shape index (κ2) is 6.09. The van der Waals surface area contributed by atoms with Crippen LogP contribution in [0.15, 0.2) is 29.0 Å². The van der Waals surface area contributed by atoms with Gasteiger partial charge in [0.15, 0.2) is 0 Å². The fourth-order valence-electron chi connectivity index (χ4n) is 2.11. The average molecular weight is 281 g/mol. The van der Waals surface area contributed by atoms with E-state index in [0.717, 1.165) is 24.1 Å². The van der Waals surface area contributed by atoms with Gasteiger partial charge in [0.2, 0.25) is 0 Å². The van der Waals surface area contributed by atoms with Crippen molar-refractivity contribution in [3.05, 3.63) is 45.8 Å². The van der Waals surface area contributed by atoms with Crippen molar-refractivity contribution >= 4 is 6.98 Å². The zero-order valence-electron chi connectivity index (χ0n) is 10.3. The van der Waals surface area contributed by atoms with Crippen LogP contribution in [0.5, 0.6) is 0 Å². The van der Waals surface area contributed by atoms with Crippen molar-refractivity contribution in [3.8, 4) is 0 Å². The SMILES string of the molecule is C=C(Cn1c2c(ccc1=O)CCC2)[B-](F)(F)F.[K+]. The van der Waals surface area contributed by atoms with Crippen molar-refractivity contribution < 1.29 is 64.3 Å². The van der Waals surface area contributed by atoms with Crippen LogP contribution in [0, 0.1) is 0 Å². The maximum Gasteiger partial charge on any atom is 1.00 e. The summed E-state index contributed by atoms with van der Waals surface area (Å²) in [4.78, 5) is 11.6. The molecular formula is C11H12BF3KNO. The van der Waals surface area contributed by atoms with Crippen molar-refractivity contribution in [1.29, 1.82) is 0 Å². The molecule has 0 N–H and O–H groups in total. The Morgan fingerprint density at radius 3 is 2.61 bits per heavy atom. The molecule has 2 nitrogen and oxygen atoms in total. The van der Waals surface area contributed by atoms with Crippen molar-refractivity contribution in [1.82, 2.24) is 4.57 Å². The van der Waals surface area contributed by atoms with Gasteiger partial charge in [0, 0.05) is 18.3 Å². The molecule has 0 amide bonds. The summed E-state index contributed by atoms with van der Waals surface area (Å²) in [5.74, 6) is 0. The molecule has 1 aliphatic rings. The second-order valence-electron chi connectivity index (χ2n) is 4.32. The molecule has 0 spiro atoms. The third kappa shape index (κ3) is 3.39. The van der Waals surface area contributed by atoms with E-state index in [-0.39, 0.29) is 56.9 Å². The molecular weight excluding hydrogens is 269 g/mol. The largest absolute Gasteiger partial charge is 1.00 e. The van der Waals surface area contributed by atoms with Gasteiger partial charge in [0.05, 0.1) is 0 Å². The molecule has 18 heavy (non-hydrogen) atoms. The Balaban J connectivity index is 0.00000162. The van der Waals surface area contributed by atoms with Gasteiger partial charge in [-0.05, 0) is 24.8 Å². The molecule has 2 rings (SSSR count). The summed E-state index contributed by atoms with van der Waals surface area (Å²) in [5, 5.41) is 0. The molecule has 0 bridgehead atoms. The maximum absolute atomic E-state index is 12.5. The molecule has 1 aromatic rings. The third-order valence-electron chi connectivity index (χ3n) is 3.07. The second-order valence-corrected chi connectivity index (χ2v) is 4.32. The Morgan fingerprint density at radius 1 is 1.33 bits per heavy atom. The summed E-state index contributed by atoms with van der Waals surface area (Å²) in [6.07, 6.45) is 2.39. The average Bonchev–Trinajstić information content (AvgIpc) is 2.68. The van der Waals surface area contributed by atoms with Crippen LogP contribution in [0.2, 0.25) is 0 Å². The van der Waals surface area contributed by atoms with E-state index in [1.54, 1.807) is 6.07 Å². The summed E-state index contributed by atoms with van der Waals surface area (Å²) >= 11 is 0. The van der Waals surface area contributed by atoms with Gasteiger partial charge < -0.3 is 17.5 Å². The molecule has 1 aromatic heterocycles. The van der Waals surface area contributed by atoms with Gasteiger partial charge in [-0.2, -0.15) is 0 Å². The zero-order chi connectivity index (χ0) is 12.6. The van der Waals surface area contributed by atoms with E-state index in [0.29, 0.717) is 6.42 Å². The predicted molar refractivity (Wildman–Crippen MR) is 60.9 cm³/mol. The third-order valence-corrected chi connectivity index (χ3v) is 3.07. The summed E-state index contributed by atoms with van der Waals surface area (Å²) in [5.41, 5.74) is 0.505. The van der Waals surface area contributed by atoms with E-state index in [2.05, 4.69) is 6.58 Å². The van der Waals surface area contributed by atoms with Crippen LogP contribution in [0.4, 0.5) is 12.9 Å². The van der Waals surface area contributed by atoms with Crippen molar-refractivity contribution in [3.63, 3.8) is 0 Å². The van der Waals surface area contributed by atoms with Gasteiger partial charge in [0.25, 0.3) is 5.56 Å². The van der Waals surface area contributed by atoms with Gasteiger partial charge in [0.1, 0.15) is 0 Å². The number of nitrogens with zero attached hydrogens (tertiary/aromatic N) is 1. The zero-order valence-corrected chi connectivity index (χ0v) is 13.4. The number of fused-ring (bicyclic) bond motifs is 1. The first kappa shape index (κ1) is 16.2. The molecule has 0 aromatic carbocycles. The number of aromatic nitrogens is 1. The van der Waals surface area contributed by atoms with Crippen LogP contribution in [-0.2, 0) is 19.4 Å². The number of hydrogen-bond acceptors (Lipinski definition) is 1.